The van der Waals surface area contributed by atoms with E-state index in [-0.39, 0.29) is 30.5 Å². The number of aromatic nitrogens is 2. The van der Waals surface area contributed by atoms with Gasteiger partial charge >= 0.3 is 0 Å². The second kappa shape index (κ2) is 6.24. The van der Waals surface area contributed by atoms with Crippen LogP contribution in [-0.4, -0.2) is 21.7 Å². The zero-order valence-corrected chi connectivity index (χ0v) is 13.2. The summed E-state index contributed by atoms with van der Waals surface area (Å²) < 4.78 is 10.4. The Hall–Kier alpha value is -3.82. The zero-order valence-electron chi connectivity index (χ0n) is 13.2. The fourth-order valence-corrected chi connectivity index (χ4v) is 2.57. The molecule has 130 valence electrons. The third-order valence-corrected chi connectivity index (χ3v) is 3.78. The summed E-state index contributed by atoms with van der Waals surface area (Å²) in [5, 5.41) is 19.5. The fraction of sp³-hybridized carbons (Fsp3) is 0.125. The molecule has 1 aromatic heterocycles. The van der Waals surface area contributed by atoms with Crippen molar-refractivity contribution in [2.24, 2.45) is 10.2 Å². The van der Waals surface area contributed by atoms with E-state index in [1.54, 1.807) is 24.3 Å². The molecule has 10 nitrogen and oxygen atoms in total. The van der Waals surface area contributed by atoms with Gasteiger partial charge in [-0.05, 0) is 18.2 Å². The van der Waals surface area contributed by atoms with Gasteiger partial charge in [0.2, 0.25) is 12.7 Å². The molecule has 1 aliphatic rings. The van der Waals surface area contributed by atoms with E-state index in [4.69, 9.17) is 9.47 Å². The predicted molar refractivity (Wildman–Crippen MR) is 89.8 cm³/mol. The van der Waals surface area contributed by atoms with Gasteiger partial charge in [0.05, 0.1) is 34.0 Å². The Morgan fingerprint density at radius 3 is 2.81 bits per heavy atom. The van der Waals surface area contributed by atoms with Gasteiger partial charge in [0.25, 0.3) is 11.2 Å². The number of azo groups is 1. The summed E-state index contributed by atoms with van der Waals surface area (Å²) in [5.74, 6) is 0.757. The van der Waals surface area contributed by atoms with E-state index in [9.17, 15) is 14.9 Å². The summed E-state index contributed by atoms with van der Waals surface area (Å²) in [7, 11) is 0. The van der Waals surface area contributed by atoms with Crippen molar-refractivity contribution in [2.45, 2.75) is 6.54 Å². The normalized spacial score (nSPS) is 12.8. The lowest BCUT2D eigenvalue weighted by atomic mass is 10.1. The first-order valence-corrected chi connectivity index (χ1v) is 7.55. The van der Waals surface area contributed by atoms with Crippen LogP contribution in [0.1, 0.15) is 5.56 Å². The van der Waals surface area contributed by atoms with Gasteiger partial charge in [0.15, 0.2) is 11.5 Å². The van der Waals surface area contributed by atoms with Gasteiger partial charge in [-0.1, -0.05) is 12.1 Å². The average molecular weight is 353 g/mol. The molecule has 0 unspecified atom stereocenters. The molecule has 0 radical (unpaired) electrons. The molecule has 0 saturated heterocycles. The quantitative estimate of drug-likeness (QED) is 0.436. The van der Waals surface area contributed by atoms with Crippen LogP contribution in [0.3, 0.4) is 0 Å². The first-order chi connectivity index (χ1) is 12.6. The van der Waals surface area contributed by atoms with E-state index in [0.717, 1.165) is 0 Å². The number of nitro groups is 1. The van der Waals surface area contributed by atoms with Crippen molar-refractivity contribution in [1.29, 1.82) is 0 Å². The number of para-hydroxylation sites is 1. The van der Waals surface area contributed by atoms with Crippen LogP contribution in [0.5, 0.6) is 11.5 Å². The van der Waals surface area contributed by atoms with E-state index in [0.29, 0.717) is 28.0 Å². The third-order valence-electron chi connectivity index (χ3n) is 3.78. The van der Waals surface area contributed by atoms with Crippen LogP contribution in [0, 0.1) is 10.1 Å². The molecule has 1 aliphatic heterocycles. The standard InChI is InChI=1S/C16H11N5O5/c22-15-10-3-1-2-4-11(10)18-16(19-15)20-17-7-9-5-13-14(26-8-25-13)6-12(9)21(23)24/h1-6H,7-8H2,(H,18,19,22). The molecule has 0 aliphatic carbocycles. The second-order valence-electron chi connectivity index (χ2n) is 5.40. The zero-order chi connectivity index (χ0) is 18.1. The van der Waals surface area contributed by atoms with E-state index in [1.807, 2.05) is 0 Å². The molecular weight excluding hydrogens is 342 g/mol. The first kappa shape index (κ1) is 15.7. The van der Waals surface area contributed by atoms with Crippen LogP contribution in [-0.2, 0) is 6.54 Å². The molecule has 10 heteroatoms. The number of hydrogen-bond acceptors (Lipinski definition) is 8. The minimum atomic E-state index is -0.525. The molecule has 3 aromatic rings. The molecule has 0 saturated carbocycles. The Labute approximate surface area is 145 Å². The summed E-state index contributed by atoms with van der Waals surface area (Å²) >= 11 is 0. The monoisotopic (exact) mass is 353 g/mol. The van der Waals surface area contributed by atoms with E-state index in [2.05, 4.69) is 20.2 Å². The largest absolute Gasteiger partial charge is 0.454 e. The van der Waals surface area contributed by atoms with Gasteiger partial charge in [0.1, 0.15) is 0 Å². The van der Waals surface area contributed by atoms with E-state index < -0.39 is 4.92 Å². The van der Waals surface area contributed by atoms with Crippen molar-refractivity contribution >= 4 is 22.5 Å². The predicted octanol–water partition coefficient (Wildman–Crippen LogP) is 2.84. The topological polar surface area (TPSA) is 132 Å². The van der Waals surface area contributed by atoms with E-state index >= 15 is 0 Å². The molecule has 2 aromatic carbocycles. The number of nitrogens with zero attached hydrogens (tertiary/aromatic N) is 4. The van der Waals surface area contributed by atoms with Gasteiger partial charge < -0.3 is 9.47 Å². The van der Waals surface area contributed by atoms with Gasteiger partial charge in [-0.15, -0.1) is 5.11 Å². The number of hydrogen-bond donors (Lipinski definition) is 1. The molecule has 0 amide bonds. The molecule has 0 atom stereocenters. The van der Waals surface area contributed by atoms with Crippen molar-refractivity contribution in [3.63, 3.8) is 0 Å². The van der Waals surface area contributed by atoms with Crippen LogP contribution < -0.4 is 15.0 Å². The van der Waals surface area contributed by atoms with Crippen molar-refractivity contribution in [1.82, 2.24) is 9.97 Å². The summed E-state index contributed by atoms with van der Waals surface area (Å²) in [6, 6.07) is 9.62. The van der Waals surface area contributed by atoms with Gasteiger partial charge in [0, 0.05) is 0 Å². The second-order valence-corrected chi connectivity index (χ2v) is 5.40. The molecular formula is C16H11N5O5. The lowest BCUT2D eigenvalue weighted by Crippen LogP contribution is -2.06. The first-order valence-electron chi connectivity index (χ1n) is 7.55. The molecule has 26 heavy (non-hydrogen) atoms. The van der Waals surface area contributed by atoms with Crippen LogP contribution in [0.4, 0.5) is 11.6 Å². The van der Waals surface area contributed by atoms with Crippen molar-refractivity contribution in [3.05, 3.63) is 62.4 Å². The molecule has 1 N–H and O–H groups in total. The maximum Gasteiger partial charge on any atom is 0.278 e. The minimum absolute atomic E-state index is 0.0136. The number of ether oxygens (including phenoxy) is 2. The van der Waals surface area contributed by atoms with Crippen LogP contribution >= 0.6 is 0 Å². The number of nitrogens with one attached hydrogen (secondary N) is 1. The molecule has 4 rings (SSSR count). The number of nitro benzene ring substituents is 1. The Bertz CT molecular complexity index is 1110. The van der Waals surface area contributed by atoms with Crippen molar-refractivity contribution in [2.75, 3.05) is 6.79 Å². The molecule has 0 fully saturated rings. The fourth-order valence-electron chi connectivity index (χ4n) is 2.57. The summed E-state index contributed by atoms with van der Waals surface area (Å²) in [6.45, 7) is -0.0663. The van der Waals surface area contributed by atoms with Gasteiger partial charge in [-0.3, -0.25) is 19.9 Å². The van der Waals surface area contributed by atoms with E-state index in [1.165, 1.54) is 12.1 Å². The third kappa shape index (κ3) is 2.83. The average Bonchev–Trinajstić information content (AvgIpc) is 3.08. The number of fused-ring (bicyclic) bond motifs is 2. The summed E-state index contributed by atoms with van der Waals surface area (Å²) in [6.07, 6.45) is 0. The maximum absolute atomic E-state index is 12.0. The van der Waals surface area contributed by atoms with Crippen molar-refractivity contribution < 1.29 is 14.4 Å². The molecule has 0 bridgehead atoms. The number of H-pyrrole nitrogens is 1. The number of aromatic amines is 1. The Kier molecular flexibility index (Phi) is 3.77. The lowest BCUT2D eigenvalue weighted by Gasteiger charge is -2.02. The Morgan fingerprint density at radius 1 is 1.23 bits per heavy atom. The highest BCUT2D eigenvalue weighted by atomic mass is 16.7. The Balaban J connectivity index is 1.63. The molecule has 2 heterocycles. The smallest absolute Gasteiger partial charge is 0.278 e. The highest BCUT2D eigenvalue weighted by Crippen LogP contribution is 2.38. The highest BCUT2D eigenvalue weighted by molar-refractivity contribution is 5.77. The Morgan fingerprint density at radius 2 is 2.00 bits per heavy atom. The van der Waals surface area contributed by atoms with Crippen LogP contribution in [0.15, 0.2) is 51.4 Å². The van der Waals surface area contributed by atoms with Gasteiger partial charge in [-0.2, -0.15) is 5.11 Å². The summed E-state index contributed by atoms with van der Waals surface area (Å²) in [4.78, 5) is 29.4. The SMILES string of the molecule is O=c1[nH]c(N=NCc2cc3c(cc2[N+](=O)[O-])OCO3)nc2ccccc12. The summed E-state index contributed by atoms with van der Waals surface area (Å²) in [5.41, 5.74) is 0.317. The number of rotatable bonds is 4. The molecule has 0 spiro atoms. The maximum atomic E-state index is 12.0. The van der Waals surface area contributed by atoms with Crippen LogP contribution in [0.25, 0.3) is 10.9 Å². The number of benzene rings is 2. The van der Waals surface area contributed by atoms with Gasteiger partial charge in [-0.25, -0.2) is 4.98 Å². The van der Waals surface area contributed by atoms with Crippen LogP contribution in [0.2, 0.25) is 0 Å². The minimum Gasteiger partial charge on any atom is -0.454 e. The highest BCUT2D eigenvalue weighted by Gasteiger charge is 2.23. The van der Waals surface area contributed by atoms with Crippen molar-refractivity contribution in [3.8, 4) is 11.5 Å². The lowest BCUT2D eigenvalue weighted by molar-refractivity contribution is -0.385.